The molecule has 1 fully saturated rings. The number of carboxylic acids is 1. The lowest BCUT2D eigenvalue weighted by Crippen LogP contribution is -2.27. The molecule has 1 aromatic carbocycles. The fraction of sp³-hybridized carbons (Fsp3) is 0.375. The Morgan fingerprint density at radius 1 is 1.29 bits per heavy atom. The number of carboxylic acid groups (broad SMARTS) is 1. The molecule has 0 radical (unpaired) electrons. The van der Waals surface area contributed by atoms with Crippen LogP contribution in [0.25, 0.3) is 6.08 Å². The monoisotopic (exact) mass is 289 g/mol. The molecule has 0 saturated heterocycles. The molecule has 1 aliphatic carbocycles. The molecule has 1 aromatic rings. The predicted octanol–water partition coefficient (Wildman–Crippen LogP) is 1.94. The van der Waals surface area contributed by atoms with Gasteiger partial charge in [0.15, 0.2) is 0 Å². The minimum Gasteiger partial charge on any atom is -0.478 e. The molecule has 1 saturated carbocycles. The zero-order chi connectivity index (χ0) is 15.1. The number of hydrogen-bond donors (Lipinski definition) is 2. The molecule has 0 aliphatic heterocycles. The maximum Gasteiger partial charge on any atom is 0.328 e. The minimum atomic E-state index is -0.997. The zero-order valence-corrected chi connectivity index (χ0v) is 11.7. The van der Waals surface area contributed by atoms with Crippen LogP contribution in [0.5, 0.6) is 0 Å². The van der Waals surface area contributed by atoms with E-state index in [1.165, 1.54) is 18.9 Å². The topological polar surface area (TPSA) is 75.6 Å². The van der Waals surface area contributed by atoms with Gasteiger partial charge in [0.25, 0.3) is 5.91 Å². The summed E-state index contributed by atoms with van der Waals surface area (Å²) < 4.78 is 5.44. The van der Waals surface area contributed by atoms with Crippen LogP contribution < -0.4 is 5.32 Å². The second kappa shape index (κ2) is 7.59. The lowest BCUT2D eigenvalue weighted by atomic mass is 10.1. The van der Waals surface area contributed by atoms with Crippen LogP contribution in [-0.4, -0.2) is 36.7 Å². The van der Waals surface area contributed by atoms with Crippen molar-refractivity contribution in [3.63, 3.8) is 0 Å². The van der Waals surface area contributed by atoms with E-state index >= 15 is 0 Å². The molecule has 0 aromatic heterocycles. The summed E-state index contributed by atoms with van der Waals surface area (Å²) in [5.41, 5.74) is 1.28. The van der Waals surface area contributed by atoms with Crippen molar-refractivity contribution in [1.82, 2.24) is 5.32 Å². The normalized spacial score (nSPS) is 14.3. The van der Waals surface area contributed by atoms with Gasteiger partial charge in [-0.15, -0.1) is 0 Å². The summed E-state index contributed by atoms with van der Waals surface area (Å²) in [6, 6.07) is 6.75. The summed E-state index contributed by atoms with van der Waals surface area (Å²) in [5, 5.41) is 11.3. The van der Waals surface area contributed by atoms with Gasteiger partial charge >= 0.3 is 5.97 Å². The summed E-state index contributed by atoms with van der Waals surface area (Å²) in [4.78, 5) is 22.3. The van der Waals surface area contributed by atoms with Gasteiger partial charge in [-0.25, -0.2) is 4.79 Å². The van der Waals surface area contributed by atoms with Crippen LogP contribution in [0.4, 0.5) is 0 Å². The smallest absolute Gasteiger partial charge is 0.328 e. The molecule has 5 nitrogen and oxygen atoms in total. The Bertz CT molecular complexity index is 518. The van der Waals surface area contributed by atoms with Crippen LogP contribution in [0, 0.1) is 5.92 Å². The lowest BCUT2D eigenvalue weighted by molar-refractivity contribution is -0.131. The Morgan fingerprint density at radius 2 is 2.00 bits per heavy atom. The van der Waals surface area contributed by atoms with Crippen molar-refractivity contribution in [2.45, 2.75) is 12.8 Å². The Labute approximate surface area is 123 Å². The van der Waals surface area contributed by atoms with Crippen molar-refractivity contribution in [3.05, 3.63) is 41.5 Å². The molecule has 1 amide bonds. The van der Waals surface area contributed by atoms with Gasteiger partial charge in [0.1, 0.15) is 0 Å². The Morgan fingerprint density at radius 3 is 2.62 bits per heavy atom. The lowest BCUT2D eigenvalue weighted by Gasteiger charge is -2.06. The number of carbonyl (C=O) groups is 2. The summed E-state index contributed by atoms with van der Waals surface area (Å²) in [7, 11) is 0. The number of nitrogens with one attached hydrogen (secondary N) is 1. The number of benzene rings is 1. The molecule has 112 valence electrons. The number of amides is 1. The maximum atomic E-state index is 11.9. The molecule has 0 bridgehead atoms. The van der Waals surface area contributed by atoms with E-state index in [-0.39, 0.29) is 5.91 Å². The van der Waals surface area contributed by atoms with Crippen molar-refractivity contribution in [3.8, 4) is 0 Å². The molecule has 0 atom stereocenters. The van der Waals surface area contributed by atoms with Gasteiger partial charge in [0.05, 0.1) is 6.61 Å². The van der Waals surface area contributed by atoms with E-state index in [2.05, 4.69) is 5.32 Å². The highest BCUT2D eigenvalue weighted by molar-refractivity contribution is 5.94. The van der Waals surface area contributed by atoms with Crippen LogP contribution in [-0.2, 0) is 9.53 Å². The number of carbonyl (C=O) groups excluding carboxylic acids is 1. The largest absolute Gasteiger partial charge is 0.478 e. The van der Waals surface area contributed by atoms with Crippen LogP contribution in [0.2, 0.25) is 0 Å². The molecular weight excluding hydrogens is 270 g/mol. The summed E-state index contributed by atoms with van der Waals surface area (Å²) in [5.74, 6) is -0.422. The molecule has 2 rings (SSSR count). The molecule has 0 unspecified atom stereocenters. The number of aliphatic carboxylic acids is 1. The number of ether oxygens (including phenoxy) is 1. The second-order valence-corrected chi connectivity index (χ2v) is 5.07. The third-order valence-electron chi connectivity index (χ3n) is 3.17. The fourth-order valence-corrected chi connectivity index (χ4v) is 1.79. The van der Waals surface area contributed by atoms with Gasteiger partial charge in [-0.1, -0.05) is 12.1 Å². The number of hydrogen-bond acceptors (Lipinski definition) is 3. The van der Waals surface area contributed by atoms with E-state index in [1.807, 2.05) is 0 Å². The van der Waals surface area contributed by atoms with E-state index in [4.69, 9.17) is 9.84 Å². The average molecular weight is 289 g/mol. The first kappa shape index (κ1) is 15.3. The predicted molar refractivity (Wildman–Crippen MR) is 79.0 cm³/mol. The average Bonchev–Trinajstić information content (AvgIpc) is 3.29. The minimum absolute atomic E-state index is 0.154. The van der Waals surface area contributed by atoms with Gasteiger partial charge in [-0.2, -0.15) is 0 Å². The Balaban J connectivity index is 1.72. The van der Waals surface area contributed by atoms with Crippen LogP contribution in [0.15, 0.2) is 30.3 Å². The Hall–Kier alpha value is -2.14. The summed E-state index contributed by atoms with van der Waals surface area (Å²) >= 11 is 0. The summed E-state index contributed by atoms with van der Waals surface area (Å²) in [6.45, 7) is 1.81. The standard InChI is InChI=1S/C16H19NO4/c18-15(19)8-5-12-3-6-14(7-4-12)16(20)17-9-10-21-11-13-1-2-13/h3-8,13H,1-2,9-11H2,(H,17,20)(H,18,19)/b8-5+. The highest BCUT2D eigenvalue weighted by Crippen LogP contribution is 2.28. The van der Waals surface area contributed by atoms with Crippen molar-refractivity contribution < 1.29 is 19.4 Å². The van der Waals surface area contributed by atoms with E-state index in [0.29, 0.717) is 18.7 Å². The Kier molecular flexibility index (Phi) is 5.51. The van der Waals surface area contributed by atoms with Gasteiger partial charge in [-0.05, 0) is 42.5 Å². The molecular formula is C16H19NO4. The van der Waals surface area contributed by atoms with Crippen LogP contribution in [0.1, 0.15) is 28.8 Å². The van der Waals surface area contributed by atoms with Gasteiger partial charge < -0.3 is 15.2 Å². The first-order chi connectivity index (χ1) is 10.1. The first-order valence-electron chi connectivity index (χ1n) is 7.02. The quantitative estimate of drug-likeness (QED) is 0.566. The van der Waals surface area contributed by atoms with Gasteiger partial charge in [-0.3, -0.25) is 4.79 Å². The second-order valence-electron chi connectivity index (χ2n) is 5.07. The third kappa shape index (κ3) is 5.79. The molecule has 0 spiro atoms. The van der Waals surface area contributed by atoms with Crippen LogP contribution >= 0.6 is 0 Å². The van der Waals surface area contributed by atoms with E-state index in [1.54, 1.807) is 24.3 Å². The maximum absolute atomic E-state index is 11.9. The highest BCUT2D eigenvalue weighted by Gasteiger charge is 2.20. The third-order valence-corrected chi connectivity index (χ3v) is 3.17. The van der Waals surface area contributed by atoms with Crippen molar-refractivity contribution >= 4 is 18.0 Å². The molecule has 2 N–H and O–H groups in total. The molecule has 5 heteroatoms. The number of rotatable bonds is 8. The van der Waals surface area contributed by atoms with Gasteiger partial charge in [0, 0.05) is 24.8 Å². The van der Waals surface area contributed by atoms with E-state index in [9.17, 15) is 9.59 Å². The van der Waals surface area contributed by atoms with E-state index < -0.39 is 5.97 Å². The first-order valence-corrected chi connectivity index (χ1v) is 7.02. The fourth-order valence-electron chi connectivity index (χ4n) is 1.79. The van der Waals surface area contributed by atoms with E-state index in [0.717, 1.165) is 24.2 Å². The molecule has 1 aliphatic rings. The highest BCUT2D eigenvalue weighted by atomic mass is 16.5. The van der Waals surface area contributed by atoms with Crippen molar-refractivity contribution in [2.75, 3.05) is 19.8 Å². The zero-order valence-electron chi connectivity index (χ0n) is 11.7. The summed E-state index contributed by atoms with van der Waals surface area (Å²) in [6.07, 6.45) is 5.06. The SMILES string of the molecule is O=C(O)/C=C/c1ccc(C(=O)NCCOCC2CC2)cc1. The van der Waals surface area contributed by atoms with Crippen molar-refractivity contribution in [2.24, 2.45) is 5.92 Å². The molecule has 0 heterocycles. The van der Waals surface area contributed by atoms with Crippen molar-refractivity contribution in [1.29, 1.82) is 0 Å². The van der Waals surface area contributed by atoms with Crippen LogP contribution in [0.3, 0.4) is 0 Å². The molecule has 21 heavy (non-hydrogen) atoms. The van der Waals surface area contributed by atoms with Gasteiger partial charge in [0.2, 0.25) is 0 Å².